The molecule has 0 atom stereocenters. The Bertz CT molecular complexity index is 1320. The maximum atomic E-state index is 13.0. The molecule has 0 bridgehead atoms. The van der Waals surface area contributed by atoms with Crippen LogP contribution in [0.15, 0.2) is 107 Å². The summed E-state index contributed by atoms with van der Waals surface area (Å²) in [6.07, 6.45) is 3.41. The molecule has 39 heavy (non-hydrogen) atoms. The van der Waals surface area contributed by atoms with Crippen LogP contribution in [0.2, 0.25) is 0 Å². The minimum Gasteiger partial charge on any atom is -0.465 e. The monoisotopic (exact) mass is 544 g/mol. The number of hydrogen-bond acceptors (Lipinski definition) is 7. The summed E-state index contributed by atoms with van der Waals surface area (Å²) >= 11 is 1.59. The molecule has 3 N–H and O–H groups in total. The molecule has 1 aromatic heterocycles. The van der Waals surface area contributed by atoms with E-state index in [0.717, 1.165) is 24.3 Å². The molecule has 0 aliphatic heterocycles. The number of rotatable bonds is 12. The molecular formula is C31H36N4O3S. The van der Waals surface area contributed by atoms with Gasteiger partial charge in [-0.15, -0.1) is 11.8 Å². The minimum absolute atomic E-state index is 0.132. The first-order valence-electron chi connectivity index (χ1n) is 13.0. The van der Waals surface area contributed by atoms with Crippen LogP contribution in [0.3, 0.4) is 0 Å². The van der Waals surface area contributed by atoms with Crippen LogP contribution in [0, 0.1) is 0 Å². The van der Waals surface area contributed by atoms with Crippen LogP contribution >= 0.6 is 11.8 Å². The quantitative estimate of drug-likeness (QED) is 0.192. The van der Waals surface area contributed by atoms with Gasteiger partial charge >= 0.3 is 5.97 Å². The zero-order valence-corrected chi connectivity index (χ0v) is 23.1. The second kappa shape index (κ2) is 16.9. The highest BCUT2D eigenvalue weighted by atomic mass is 32.2. The standard InChI is InChI=1S/C23H25N3O3S.C8H11N/c1-2-29-21(27)16-26-19(17-30-20-11-7-4-8-12-20)15-25-22(23(26)28)24-14-13-18-9-5-3-6-10-18;9-7-6-8-4-2-1-3-5-8/h3-12,15H,2,13-14,16-17H2,1H3,(H,24,25);1-5H,6-7,9H2. The van der Waals surface area contributed by atoms with E-state index in [4.69, 9.17) is 10.5 Å². The Morgan fingerprint density at radius 1 is 0.923 bits per heavy atom. The number of carbonyl (C=O) groups excluding carboxylic acids is 1. The second-order valence-electron chi connectivity index (χ2n) is 8.58. The average Bonchev–Trinajstić information content (AvgIpc) is 2.97. The molecule has 0 amide bonds. The molecule has 3 aromatic carbocycles. The van der Waals surface area contributed by atoms with Gasteiger partial charge in [-0.2, -0.15) is 0 Å². The zero-order chi connectivity index (χ0) is 27.7. The van der Waals surface area contributed by atoms with Crippen LogP contribution < -0.4 is 16.6 Å². The Morgan fingerprint density at radius 2 is 1.51 bits per heavy atom. The number of carbonyl (C=O) groups is 1. The predicted molar refractivity (Wildman–Crippen MR) is 159 cm³/mol. The molecule has 0 aliphatic rings. The van der Waals surface area contributed by atoms with E-state index in [1.54, 1.807) is 24.9 Å². The van der Waals surface area contributed by atoms with Gasteiger partial charge in [-0.1, -0.05) is 78.9 Å². The zero-order valence-electron chi connectivity index (χ0n) is 22.3. The summed E-state index contributed by atoms with van der Waals surface area (Å²) in [7, 11) is 0. The highest BCUT2D eigenvalue weighted by Gasteiger charge is 2.14. The van der Waals surface area contributed by atoms with Crippen molar-refractivity contribution in [2.75, 3.05) is 25.0 Å². The number of ether oxygens (including phenoxy) is 1. The van der Waals surface area contributed by atoms with E-state index >= 15 is 0 Å². The summed E-state index contributed by atoms with van der Waals surface area (Å²) in [5, 5.41) is 3.10. The van der Waals surface area contributed by atoms with Crippen molar-refractivity contribution < 1.29 is 9.53 Å². The fourth-order valence-electron chi connectivity index (χ4n) is 3.72. The summed E-state index contributed by atoms with van der Waals surface area (Å²) in [5.41, 5.74) is 8.21. The van der Waals surface area contributed by atoms with E-state index in [1.165, 1.54) is 15.7 Å². The number of benzene rings is 3. The summed E-state index contributed by atoms with van der Waals surface area (Å²) < 4.78 is 6.50. The molecule has 4 rings (SSSR count). The highest BCUT2D eigenvalue weighted by Crippen LogP contribution is 2.21. The maximum absolute atomic E-state index is 13.0. The van der Waals surface area contributed by atoms with Crippen LogP contribution in [0.1, 0.15) is 23.7 Å². The van der Waals surface area contributed by atoms with Crippen LogP contribution in [0.5, 0.6) is 0 Å². The van der Waals surface area contributed by atoms with Gasteiger partial charge in [-0.25, -0.2) is 4.98 Å². The van der Waals surface area contributed by atoms with E-state index in [1.807, 2.05) is 78.9 Å². The molecule has 7 nitrogen and oxygen atoms in total. The fourth-order valence-corrected chi connectivity index (χ4v) is 4.62. The van der Waals surface area contributed by atoms with Gasteiger partial charge < -0.3 is 15.8 Å². The van der Waals surface area contributed by atoms with Crippen LogP contribution in [0.25, 0.3) is 0 Å². The lowest BCUT2D eigenvalue weighted by Gasteiger charge is -2.14. The largest absolute Gasteiger partial charge is 0.465 e. The number of anilines is 1. The molecule has 0 aliphatic carbocycles. The van der Waals surface area contributed by atoms with E-state index in [-0.39, 0.29) is 24.5 Å². The Hall–Kier alpha value is -3.88. The van der Waals surface area contributed by atoms with Crippen molar-refractivity contribution >= 4 is 23.5 Å². The van der Waals surface area contributed by atoms with Crippen LogP contribution in [-0.4, -0.2) is 35.2 Å². The van der Waals surface area contributed by atoms with Crippen molar-refractivity contribution in [3.05, 3.63) is 124 Å². The molecule has 8 heteroatoms. The summed E-state index contributed by atoms with van der Waals surface area (Å²) in [6, 6.07) is 30.2. The molecule has 0 radical (unpaired) electrons. The van der Waals surface area contributed by atoms with Crippen molar-refractivity contribution in [1.29, 1.82) is 0 Å². The van der Waals surface area contributed by atoms with Crippen molar-refractivity contribution in [3.63, 3.8) is 0 Å². The molecule has 1 heterocycles. The van der Waals surface area contributed by atoms with Gasteiger partial charge in [0.1, 0.15) is 6.54 Å². The summed E-state index contributed by atoms with van der Waals surface area (Å²) in [5.74, 6) is 0.325. The van der Waals surface area contributed by atoms with Gasteiger partial charge in [0.25, 0.3) is 5.56 Å². The summed E-state index contributed by atoms with van der Waals surface area (Å²) in [6.45, 7) is 3.20. The SMILES string of the molecule is CCOC(=O)Cn1c(CSc2ccccc2)cnc(NCCc2ccccc2)c1=O.NCCc1ccccc1. The van der Waals surface area contributed by atoms with Gasteiger partial charge in [-0.3, -0.25) is 14.2 Å². The third-order valence-electron chi connectivity index (χ3n) is 5.68. The molecule has 0 spiro atoms. The Balaban J connectivity index is 0.000000395. The molecule has 204 valence electrons. The number of nitrogens with one attached hydrogen (secondary N) is 1. The normalized spacial score (nSPS) is 10.3. The lowest BCUT2D eigenvalue weighted by atomic mass is 10.1. The molecule has 0 saturated heterocycles. The summed E-state index contributed by atoms with van der Waals surface area (Å²) in [4.78, 5) is 30.5. The third-order valence-corrected chi connectivity index (χ3v) is 6.73. The average molecular weight is 545 g/mol. The third kappa shape index (κ3) is 10.4. The van der Waals surface area contributed by atoms with Gasteiger partial charge in [0.15, 0.2) is 5.82 Å². The molecule has 0 fully saturated rings. The van der Waals surface area contributed by atoms with Crippen molar-refractivity contribution in [3.8, 4) is 0 Å². The number of aromatic nitrogens is 2. The minimum atomic E-state index is -0.438. The fraction of sp³-hybridized carbons (Fsp3) is 0.258. The maximum Gasteiger partial charge on any atom is 0.326 e. The Kier molecular flexibility index (Phi) is 12.8. The first-order chi connectivity index (χ1) is 19.1. The van der Waals surface area contributed by atoms with E-state index < -0.39 is 5.97 Å². The molecule has 0 saturated carbocycles. The first-order valence-corrected chi connectivity index (χ1v) is 14.0. The van der Waals surface area contributed by atoms with Gasteiger partial charge in [0.2, 0.25) is 0 Å². The number of thioether (sulfide) groups is 1. The van der Waals surface area contributed by atoms with E-state index in [0.29, 0.717) is 18.0 Å². The smallest absolute Gasteiger partial charge is 0.326 e. The number of nitrogens with two attached hydrogens (primary N) is 1. The second-order valence-corrected chi connectivity index (χ2v) is 9.63. The van der Waals surface area contributed by atoms with Crippen LogP contribution in [-0.2, 0) is 34.7 Å². The van der Waals surface area contributed by atoms with Crippen LogP contribution in [0.4, 0.5) is 5.82 Å². The predicted octanol–water partition coefficient (Wildman–Crippen LogP) is 4.94. The van der Waals surface area contributed by atoms with Gasteiger partial charge in [0.05, 0.1) is 12.3 Å². The number of hydrogen-bond donors (Lipinski definition) is 2. The molecular weight excluding hydrogens is 508 g/mol. The van der Waals surface area contributed by atoms with E-state index in [2.05, 4.69) is 22.4 Å². The van der Waals surface area contributed by atoms with Crippen molar-refractivity contribution in [1.82, 2.24) is 9.55 Å². The molecule has 0 unspecified atom stereocenters. The molecule has 4 aromatic rings. The number of esters is 1. The van der Waals surface area contributed by atoms with Gasteiger partial charge in [0, 0.05) is 23.4 Å². The Labute approximate surface area is 234 Å². The number of nitrogens with zero attached hydrogens (tertiary/aromatic N) is 2. The van der Waals surface area contributed by atoms with Crippen molar-refractivity contribution in [2.45, 2.75) is 37.0 Å². The highest BCUT2D eigenvalue weighted by molar-refractivity contribution is 7.98. The Morgan fingerprint density at radius 3 is 2.10 bits per heavy atom. The first kappa shape index (κ1) is 29.7. The topological polar surface area (TPSA) is 99.2 Å². The lowest BCUT2D eigenvalue weighted by molar-refractivity contribution is -0.143. The van der Waals surface area contributed by atoms with E-state index in [9.17, 15) is 9.59 Å². The van der Waals surface area contributed by atoms with Crippen molar-refractivity contribution in [2.24, 2.45) is 5.73 Å². The lowest BCUT2D eigenvalue weighted by Crippen LogP contribution is -2.31. The van der Waals surface area contributed by atoms with Gasteiger partial charge in [-0.05, 0) is 49.6 Å².